The first-order valence-corrected chi connectivity index (χ1v) is 9.02. The number of aliphatic imine (C=N–C) groups is 1. The third-order valence-corrected chi connectivity index (χ3v) is 4.45. The van der Waals surface area contributed by atoms with E-state index in [2.05, 4.69) is 4.99 Å². The fraction of sp³-hybridized carbons (Fsp3) is 0.333. The van der Waals surface area contributed by atoms with Gasteiger partial charge in [-0.05, 0) is 25.0 Å². The van der Waals surface area contributed by atoms with Crippen LogP contribution in [-0.4, -0.2) is 35.2 Å². The van der Waals surface area contributed by atoms with Crippen molar-refractivity contribution in [2.24, 2.45) is 4.99 Å². The Balaban J connectivity index is 1.83. The highest BCUT2D eigenvalue weighted by Crippen LogP contribution is 2.41. The van der Waals surface area contributed by atoms with Gasteiger partial charge in [0, 0.05) is 0 Å². The van der Waals surface area contributed by atoms with Crippen molar-refractivity contribution >= 4 is 11.8 Å². The van der Waals surface area contributed by atoms with Gasteiger partial charge in [-0.2, -0.15) is 18.2 Å². The lowest BCUT2D eigenvalue weighted by Gasteiger charge is -2.32. The average Bonchev–Trinajstić information content (AvgIpc) is 2.92. The van der Waals surface area contributed by atoms with Crippen LogP contribution in [0.5, 0.6) is 0 Å². The summed E-state index contributed by atoms with van der Waals surface area (Å²) in [6.45, 7) is 3.68. The third kappa shape index (κ3) is 4.95. The molecule has 8 heteroatoms. The summed E-state index contributed by atoms with van der Waals surface area (Å²) in [5.74, 6) is -2.18. The predicted molar refractivity (Wildman–Crippen MR) is 101 cm³/mol. The third-order valence-electron chi connectivity index (χ3n) is 4.45. The van der Waals surface area contributed by atoms with E-state index in [-0.39, 0.29) is 19.0 Å². The second kappa shape index (κ2) is 8.24. The van der Waals surface area contributed by atoms with Crippen LogP contribution in [0.15, 0.2) is 65.7 Å². The molecule has 0 amide bonds. The lowest BCUT2D eigenvalue weighted by atomic mass is 9.90. The standard InChI is InChI=1S/C21H21F3N2O3/c1-20(2)18(16-11-7-4-8-12-16)26(29-19(27)21(22,23)24)17(25-20)14-28-13-15-9-5-3-6-10-15/h3-12,18H,13-14H2,1-2H3. The summed E-state index contributed by atoms with van der Waals surface area (Å²) >= 11 is 0. The van der Waals surface area contributed by atoms with Gasteiger partial charge >= 0.3 is 12.1 Å². The van der Waals surface area contributed by atoms with Crippen molar-refractivity contribution in [2.75, 3.05) is 6.61 Å². The van der Waals surface area contributed by atoms with Gasteiger partial charge in [0.2, 0.25) is 0 Å². The Kier molecular flexibility index (Phi) is 5.93. The van der Waals surface area contributed by atoms with Gasteiger partial charge in [0.15, 0.2) is 5.84 Å². The van der Waals surface area contributed by atoms with Crippen LogP contribution in [0.4, 0.5) is 13.2 Å². The molecule has 1 unspecified atom stereocenters. The van der Waals surface area contributed by atoms with E-state index in [9.17, 15) is 18.0 Å². The molecule has 0 bridgehead atoms. The summed E-state index contributed by atoms with van der Waals surface area (Å²) in [4.78, 5) is 20.8. The lowest BCUT2D eigenvalue weighted by Crippen LogP contribution is -2.42. The summed E-state index contributed by atoms with van der Waals surface area (Å²) in [5, 5.41) is 0.927. The molecule has 1 atom stereocenters. The number of hydrogen-bond donors (Lipinski definition) is 0. The van der Waals surface area contributed by atoms with Crippen LogP contribution in [0.2, 0.25) is 0 Å². The van der Waals surface area contributed by atoms with Crippen LogP contribution in [0.1, 0.15) is 31.0 Å². The summed E-state index contributed by atoms with van der Waals surface area (Å²) in [5.41, 5.74) is 0.747. The molecular weight excluding hydrogens is 385 g/mol. The van der Waals surface area contributed by atoms with E-state index in [1.807, 2.05) is 30.3 Å². The maximum atomic E-state index is 12.9. The van der Waals surface area contributed by atoms with E-state index in [1.165, 1.54) is 0 Å². The van der Waals surface area contributed by atoms with Gasteiger partial charge in [0.25, 0.3) is 0 Å². The number of ether oxygens (including phenoxy) is 1. The van der Waals surface area contributed by atoms with Crippen molar-refractivity contribution in [1.82, 2.24) is 5.06 Å². The van der Waals surface area contributed by atoms with Gasteiger partial charge in [-0.3, -0.25) is 4.99 Å². The molecule has 0 N–H and O–H groups in total. The molecule has 0 radical (unpaired) electrons. The molecule has 0 fully saturated rings. The van der Waals surface area contributed by atoms with Crippen molar-refractivity contribution in [3.8, 4) is 0 Å². The second-order valence-corrected chi connectivity index (χ2v) is 7.18. The number of nitrogens with zero attached hydrogens (tertiary/aromatic N) is 2. The Bertz CT molecular complexity index is 868. The molecule has 2 aromatic rings. The minimum atomic E-state index is -5.12. The molecule has 0 aliphatic carbocycles. The van der Waals surface area contributed by atoms with Crippen LogP contribution in [0.3, 0.4) is 0 Å². The topological polar surface area (TPSA) is 51.1 Å². The fourth-order valence-corrected chi connectivity index (χ4v) is 3.23. The smallest absolute Gasteiger partial charge is 0.369 e. The number of hydroxylamine groups is 2. The Labute approximate surface area is 166 Å². The Hall–Kier alpha value is -2.87. The zero-order valence-corrected chi connectivity index (χ0v) is 16.0. The SMILES string of the molecule is CC1(C)N=C(COCc2ccccc2)N(OC(=O)C(F)(F)F)C1c1ccccc1. The molecular formula is C21H21F3N2O3. The number of halogens is 3. The summed E-state index contributed by atoms with van der Waals surface area (Å²) < 4.78 is 44.2. The molecule has 2 aromatic carbocycles. The van der Waals surface area contributed by atoms with E-state index in [0.717, 1.165) is 10.6 Å². The Morgan fingerprint density at radius 2 is 1.62 bits per heavy atom. The maximum Gasteiger partial charge on any atom is 0.493 e. The highest BCUT2D eigenvalue weighted by atomic mass is 19.4. The highest BCUT2D eigenvalue weighted by molar-refractivity contribution is 5.87. The number of benzene rings is 2. The van der Waals surface area contributed by atoms with Gasteiger partial charge in [-0.25, -0.2) is 4.79 Å². The maximum absolute atomic E-state index is 12.9. The number of carbonyl (C=O) groups excluding carboxylic acids is 1. The van der Waals surface area contributed by atoms with E-state index in [1.54, 1.807) is 44.2 Å². The molecule has 1 aliphatic rings. The van der Waals surface area contributed by atoms with Crippen molar-refractivity contribution in [2.45, 2.75) is 38.2 Å². The number of rotatable bonds is 6. The minimum absolute atomic E-state index is 0.104. The molecule has 3 rings (SSSR count). The zero-order valence-electron chi connectivity index (χ0n) is 16.0. The van der Waals surface area contributed by atoms with Crippen LogP contribution in [0.25, 0.3) is 0 Å². The highest BCUT2D eigenvalue weighted by Gasteiger charge is 2.49. The first-order valence-electron chi connectivity index (χ1n) is 9.02. The van der Waals surface area contributed by atoms with Gasteiger partial charge in [0.1, 0.15) is 12.6 Å². The van der Waals surface area contributed by atoms with E-state index in [0.29, 0.717) is 5.56 Å². The predicted octanol–water partition coefficient (Wildman–Crippen LogP) is 4.46. The van der Waals surface area contributed by atoms with Gasteiger partial charge in [-0.1, -0.05) is 60.7 Å². The molecule has 0 saturated heterocycles. The number of carbonyl (C=O) groups is 1. The van der Waals surface area contributed by atoms with Crippen molar-refractivity contribution in [3.05, 3.63) is 71.8 Å². The second-order valence-electron chi connectivity index (χ2n) is 7.18. The number of amidine groups is 1. The van der Waals surface area contributed by atoms with E-state index >= 15 is 0 Å². The quantitative estimate of drug-likeness (QED) is 0.711. The number of alkyl halides is 3. The largest absolute Gasteiger partial charge is 0.493 e. The van der Waals surface area contributed by atoms with Gasteiger partial charge < -0.3 is 9.57 Å². The zero-order chi connectivity index (χ0) is 21.1. The normalized spacial score (nSPS) is 18.4. The first kappa shape index (κ1) is 20.9. The average molecular weight is 406 g/mol. The van der Waals surface area contributed by atoms with Crippen molar-refractivity contribution in [3.63, 3.8) is 0 Å². The lowest BCUT2D eigenvalue weighted by molar-refractivity contribution is -0.231. The van der Waals surface area contributed by atoms with Crippen LogP contribution >= 0.6 is 0 Å². The van der Waals surface area contributed by atoms with Crippen molar-refractivity contribution in [1.29, 1.82) is 0 Å². The monoisotopic (exact) mass is 406 g/mol. The number of hydrogen-bond acceptors (Lipinski definition) is 5. The first-order chi connectivity index (χ1) is 13.7. The Morgan fingerprint density at radius 3 is 2.21 bits per heavy atom. The molecule has 154 valence electrons. The van der Waals surface area contributed by atoms with Crippen molar-refractivity contribution < 1.29 is 27.5 Å². The molecule has 1 aliphatic heterocycles. The minimum Gasteiger partial charge on any atom is -0.369 e. The molecule has 5 nitrogen and oxygen atoms in total. The Morgan fingerprint density at radius 1 is 1.03 bits per heavy atom. The summed E-state index contributed by atoms with van der Waals surface area (Å²) in [6.07, 6.45) is -5.12. The van der Waals surface area contributed by atoms with Crippen LogP contribution in [-0.2, 0) is 21.0 Å². The fourth-order valence-electron chi connectivity index (χ4n) is 3.23. The molecule has 29 heavy (non-hydrogen) atoms. The van der Waals surface area contributed by atoms with E-state index < -0.39 is 23.7 Å². The molecule has 1 heterocycles. The van der Waals surface area contributed by atoms with Gasteiger partial charge in [0.05, 0.1) is 12.1 Å². The molecule has 0 saturated carbocycles. The van der Waals surface area contributed by atoms with E-state index in [4.69, 9.17) is 9.57 Å². The van der Waals surface area contributed by atoms with Crippen LogP contribution in [0, 0.1) is 0 Å². The summed E-state index contributed by atoms with van der Waals surface area (Å²) in [6, 6.07) is 17.4. The van der Waals surface area contributed by atoms with Gasteiger partial charge in [-0.15, -0.1) is 0 Å². The summed E-state index contributed by atoms with van der Waals surface area (Å²) in [7, 11) is 0. The molecule has 0 aromatic heterocycles. The van der Waals surface area contributed by atoms with Crippen LogP contribution < -0.4 is 0 Å². The molecule has 0 spiro atoms.